The van der Waals surface area contributed by atoms with Crippen molar-refractivity contribution >= 4 is 29.3 Å². The van der Waals surface area contributed by atoms with Crippen LogP contribution in [-0.2, 0) is 30.3 Å². The van der Waals surface area contributed by atoms with Crippen LogP contribution in [0.25, 0.3) is 0 Å². The lowest BCUT2D eigenvalue weighted by molar-refractivity contribution is -0.143. The molecule has 6 rings (SSSR count). The Morgan fingerprint density at radius 1 is 1.22 bits per heavy atom. The summed E-state index contributed by atoms with van der Waals surface area (Å²) in [5.74, 6) is -1.95. The number of benzene rings is 1. The third-order valence-electron chi connectivity index (χ3n) is 9.76. The lowest BCUT2D eigenvalue weighted by atomic mass is 9.97. The van der Waals surface area contributed by atoms with Crippen molar-refractivity contribution in [2.75, 3.05) is 25.1 Å². The predicted octanol–water partition coefficient (Wildman–Crippen LogP) is 1.96. The van der Waals surface area contributed by atoms with Gasteiger partial charge in [0.2, 0.25) is 17.7 Å². The second-order valence-electron chi connectivity index (χ2n) is 13.2. The first-order valence-electron chi connectivity index (χ1n) is 15.6. The maximum Gasteiger partial charge on any atom is 0.265 e. The van der Waals surface area contributed by atoms with Crippen LogP contribution in [0.5, 0.6) is 5.75 Å². The van der Waals surface area contributed by atoms with E-state index in [1.807, 2.05) is 19.9 Å². The molecule has 2 saturated heterocycles. The summed E-state index contributed by atoms with van der Waals surface area (Å²) in [6.07, 6.45) is 3.22. The van der Waals surface area contributed by atoms with E-state index in [0.717, 1.165) is 18.1 Å². The molecule has 0 bridgehead atoms. The van der Waals surface area contributed by atoms with Gasteiger partial charge in [-0.2, -0.15) is 5.26 Å². The van der Waals surface area contributed by atoms with E-state index in [0.29, 0.717) is 19.8 Å². The average molecular weight is 633 g/mol. The summed E-state index contributed by atoms with van der Waals surface area (Å²) in [6, 6.07) is 6.43. The fraction of sp³-hybridized carbons (Fsp3) is 0.515. The molecule has 13 heteroatoms. The molecule has 1 saturated carbocycles. The predicted molar refractivity (Wildman–Crippen MR) is 161 cm³/mol. The molecule has 2 aromatic rings. The van der Waals surface area contributed by atoms with Crippen molar-refractivity contribution in [3.8, 4) is 11.8 Å². The van der Waals surface area contributed by atoms with Crippen LogP contribution in [0.2, 0.25) is 0 Å². The number of ether oxygens (including phenoxy) is 2. The number of rotatable bonds is 10. The van der Waals surface area contributed by atoms with Crippen molar-refractivity contribution < 1.29 is 33.0 Å². The molecule has 3 aliphatic heterocycles. The molecule has 0 radical (unpaired) electrons. The van der Waals surface area contributed by atoms with Crippen molar-refractivity contribution in [1.82, 2.24) is 20.5 Å². The Morgan fingerprint density at radius 2 is 2.00 bits per heavy atom. The summed E-state index contributed by atoms with van der Waals surface area (Å²) < 4.78 is 24.7. The van der Waals surface area contributed by atoms with E-state index in [2.05, 4.69) is 20.9 Å². The summed E-state index contributed by atoms with van der Waals surface area (Å²) in [5.41, 5.74) is 0.799. The molecule has 1 aromatic heterocycles. The number of likely N-dealkylation sites (tertiary alicyclic amines) is 1. The average Bonchev–Trinajstić information content (AvgIpc) is 3.44. The van der Waals surface area contributed by atoms with Crippen molar-refractivity contribution in [2.45, 2.75) is 63.8 Å². The van der Waals surface area contributed by atoms with Crippen LogP contribution >= 0.6 is 0 Å². The molecule has 4 heterocycles. The van der Waals surface area contributed by atoms with Crippen molar-refractivity contribution in [3.63, 3.8) is 0 Å². The number of halogens is 1. The highest BCUT2D eigenvalue weighted by Crippen LogP contribution is 2.65. The van der Waals surface area contributed by atoms with Gasteiger partial charge in [-0.25, -0.2) is 4.39 Å². The van der Waals surface area contributed by atoms with Crippen LogP contribution in [0.4, 0.5) is 10.1 Å². The molecule has 4 amide bonds. The first-order valence-corrected chi connectivity index (χ1v) is 15.6. The van der Waals surface area contributed by atoms with E-state index in [-0.39, 0.29) is 65.7 Å². The number of pyridine rings is 1. The highest BCUT2D eigenvalue weighted by atomic mass is 19.1. The Kier molecular flexibility index (Phi) is 8.65. The number of hydrogen-bond acceptors (Lipinski definition) is 8. The van der Waals surface area contributed by atoms with E-state index in [9.17, 15) is 28.8 Å². The minimum Gasteiger partial charge on any atom is -0.478 e. The number of nitrogens with zero attached hydrogens (tertiary/aromatic N) is 3. The fourth-order valence-corrected chi connectivity index (χ4v) is 7.12. The Morgan fingerprint density at radius 3 is 2.72 bits per heavy atom. The zero-order valence-electron chi connectivity index (χ0n) is 25.7. The smallest absolute Gasteiger partial charge is 0.265 e. The topological polar surface area (TPSA) is 163 Å². The van der Waals surface area contributed by atoms with Gasteiger partial charge in [-0.1, -0.05) is 13.8 Å². The zero-order chi connectivity index (χ0) is 32.6. The van der Waals surface area contributed by atoms with Crippen LogP contribution in [0, 0.1) is 40.3 Å². The highest BCUT2D eigenvalue weighted by molar-refractivity contribution is 5.98. The number of carbonyl (C=O) groups excluding carboxylic acids is 4. The normalized spacial score (nSPS) is 26.8. The molecule has 3 N–H and O–H groups in total. The summed E-state index contributed by atoms with van der Waals surface area (Å²) in [6.45, 7) is 5.54. The standard InChI is InChI=1S/C33H37FN6O6/c1-33(2)22-16-40(32(44)24(11-18-5-8-36-9-6-18)38-27(41)12-19-7-10-45-17-19)29(28(22)33)31(43)37-21(15-35)14-26-30(42)39-23-13-20(34)3-4-25(23)46-26/h3-6,8-9,13,19,21-22,24,26,28-29H,7,10-12,14,16-17H2,1-2H3,(H,37,43)(H,38,41)(H,39,42)/t19?,21-,22-,24-,26-,28-,29-/m0/s1. The lowest BCUT2D eigenvalue weighted by Gasteiger charge is -2.34. The molecule has 242 valence electrons. The monoisotopic (exact) mass is 632 g/mol. The maximum atomic E-state index is 14.2. The minimum absolute atomic E-state index is 0.0741. The quantitative estimate of drug-likeness (QED) is 0.358. The number of aromatic nitrogens is 1. The number of amides is 4. The maximum absolute atomic E-state index is 14.2. The van der Waals surface area contributed by atoms with Gasteiger partial charge in [0.15, 0.2) is 6.10 Å². The molecule has 3 fully saturated rings. The summed E-state index contributed by atoms with van der Waals surface area (Å²) in [4.78, 5) is 59.4. The highest BCUT2D eigenvalue weighted by Gasteiger charge is 2.69. The third kappa shape index (κ3) is 6.39. The van der Waals surface area contributed by atoms with Crippen molar-refractivity contribution in [3.05, 3.63) is 54.1 Å². The largest absolute Gasteiger partial charge is 0.478 e. The molecule has 7 atom stereocenters. The van der Waals surface area contributed by atoms with Crippen LogP contribution in [-0.4, -0.2) is 77.5 Å². The zero-order valence-corrected chi connectivity index (χ0v) is 25.7. The molecule has 0 spiro atoms. The number of carbonyl (C=O) groups is 4. The summed E-state index contributed by atoms with van der Waals surface area (Å²) >= 11 is 0. The van der Waals surface area contributed by atoms with Crippen LogP contribution in [0.1, 0.15) is 38.7 Å². The molecule has 12 nitrogen and oxygen atoms in total. The molecular weight excluding hydrogens is 595 g/mol. The second-order valence-corrected chi connectivity index (χ2v) is 13.2. The van der Waals surface area contributed by atoms with E-state index in [1.165, 1.54) is 17.0 Å². The van der Waals surface area contributed by atoms with Gasteiger partial charge in [-0.3, -0.25) is 24.2 Å². The fourth-order valence-electron chi connectivity index (χ4n) is 7.12. The van der Waals surface area contributed by atoms with Gasteiger partial charge in [0.25, 0.3) is 5.91 Å². The lowest BCUT2D eigenvalue weighted by Crippen LogP contribution is -2.57. The molecule has 4 aliphatic rings. The van der Waals surface area contributed by atoms with Crippen LogP contribution in [0.3, 0.4) is 0 Å². The van der Waals surface area contributed by atoms with Crippen molar-refractivity contribution in [2.24, 2.45) is 23.2 Å². The Balaban J connectivity index is 1.17. The van der Waals surface area contributed by atoms with Gasteiger partial charge in [0.05, 0.1) is 11.8 Å². The number of piperidine rings is 1. The second kappa shape index (κ2) is 12.7. The minimum atomic E-state index is -1.11. The van der Waals surface area contributed by atoms with Gasteiger partial charge < -0.3 is 30.3 Å². The molecule has 46 heavy (non-hydrogen) atoms. The van der Waals surface area contributed by atoms with E-state index >= 15 is 0 Å². The number of hydrogen-bond donors (Lipinski definition) is 3. The van der Waals surface area contributed by atoms with Crippen LogP contribution < -0.4 is 20.7 Å². The first-order chi connectivity index (χ1) is 22.0. The number of fused-ring (bicyclic) bond motifs is 2. The van der Waals surface area contributed by atoms with Gasteiger partial charge in [0.1, 0.15) is 29.7 Å². The SMILES string of the molecule is CC1(C)[C@@H]2[C@@H](C(=O)N[C@H](C#N)C[C@@H]3Oc4ccc(F)cc4NC3=O)N(C(=O)[C@H](Cc3ccncc3)NC(=O)CC3CCOC3)C[C@@H]21. The van der Waals surface area contributed by atoms with Gasteiger partial charge in [-0.15, -0.1) is 0 Å². The van der Waals surface area contributed by atoms with E-state index in [1.54, 1.807) is 24.5 Å². The van der Waals surface area contributed by atoms with Gasteiger partial charge in [-0.05, 0) is 59.4 Å². The Bertz CT molecular complexity index is 1560. The molecule has 1 unspecified atom stereocenters. The Hall–Kier alpha value is -4.57. The van der Waals surface area contributed by atoms with Gasteiger partial charge >= 0.3 is 0 Å². The molecular formula is C33H37FN6O6. The van der Waals surface area contributed by atoms with E-state index in [4.69, 9.17) is 9.47 Å². The first kappa shape index (κ1) is 31.4. The summed E-state index contributed by atoms with van der Waals surface area (Å²) in [5, 5.41) is 18.2. The number of nitrogens with one attached hydrogen (secondary N) is 3. The van der Waals surface area contributed by atoms with E-state index < -0.39 is 41.9 Å². The Labute approximate surface area is 266 Å². The van der Waals surface area contributed by atoms with Crippen molar-refractivity contribution in [1.29, 1.82) is 5.26 Å². The third-order valence-corrected chi connectivity index (χ3v) is 9.76. The van der Waals surface area contributed by atoms with Crippen LogP contribution in [0.15, 0.2) is 42.7 Å². The number of nitriles is 1. The molecule has 1 aliphatic carbocycles. The van der Waals surface area contributed by atoms with Gasteiger partial charge in [0, 0.05) is 57.5 Å². The summed E-state index contributed by atoms with van der Waals surface area (Å²) in [7, 11) is 0. The number of anilines is 1. The molecule has 1 aromatic carbocycles.